The molecule has 162 valence electrons. The van der Waals surface area contributed by atoms with Crippen molar-refractivity contribution in [2.75, 3.05) is 20.1 Å². The molecule has 29 heavy (non-hydrogen) atoms. The molecular weight excluding hydrogens is 479 g/mol. The van der Waals surface area contributed by atoms with Crippen LogP contribution in [-0.4, -0.2) is 52.5 Å². The molecule has 0 radical (unpaired) electrons. The first-order valence-electron chi connectivity index (χ1n) is 11.0. The van der Waals surface area contributed by atoms with Crippen molar-refractivity contribution in [3.05, 3.63) is 17.7 Å². The normalized spacial score (nSPS) is 22.7. The van der Waals surface area contributed by atoms with Gasteiger partial charge in [-0.2, -0.15) is 0 Å². The molecule has 0 spiro atoms. The molecule has 7 nitrogen and oxygen atoms in total. The Morgan fingerprint density at radius 1 is 1.17 bits per heavy atom. The van der Waals surface area contributed by atoms with Gasteiger partial charge in [0.25, 0.3) is 0 Å². The van der Waals surface area contributed by atoms with E-state index in [4.69, 9.17) is 4.98 Å². The number of likely N-dealkylation sites (tertiary alicyclic amines) is 1. The minimum Gasteiger partial charge on any atom is -0.352 e. The molecule has 0 bridgehead atoms. The van der Waals surface area contributed by atoms with Crippen LogP contribution < -0.4 is 10.6 Å². The largest absolute Gasteiger partial charge is 0.352 e. The Labute approximate surface area is 191 Å². The summed E-state index contributed by atoms with van der Waals surface area (Å²) in [7, 11) is 1.80. The Hall–Kier alpha value is -1.32. The van der Waals surface area contributed by atoms with E-state index in [0.717, 1.165) is 57.0 Å². The second-order valence-electron chi connectivity index (χ2n) is 8.47. The fraction of sp³-hybridized carbons (Fsp3) is 0.762. The summed E-state index contributed by atoms with van der Waals surface area (Å²) in [5, 5.41) is 6.88. The number of fused-ring (bicyclic) bond motifs is 1. The zero-order chi connectivity index (χ0) is 19.3. The van der Waals surface area contributed by atoms with Gasteiger partial charge in [-0.25, -0.2) is 4.98 Å². The number of aliphatic imine (C=N–C) groups is 1. The van der Waals surface area contributed by atoms with E-state index in [1.54, 1.807) is 7.05 Å². The fourth-order valence-electron chi connectivity index (χ4n) is 4.81. The minimum absolute atomic E-state index is 0. The average Bonchev–Trinajstić information content (AvgIpc) is 3.37. The van der Waals surface area contributed by atoms with Gasteiger partial charge in [-0.3, -0.25) is 9.79 Å². The smallest absolute Gasteiger partial charge is 0.225 e. The second kappa shape index (κ2) is 10.6. The standard InChI is InChI=1S/C21H34N6O.HI/c1-22-21(23-13-18-15-26-11-6-5-9-19(26)24-18)25-17-10-12-27(14-17)20(28)16-7-3-2-4-8-16;/h15-17H,2-14H2,1H3,(H2,22,23,25);1H. The van der Waals surface area contributed by atoms with Gasteiger partial charge in [0, 0.05) is 51.3 Å². The lowest BCUT2D eigenvalue weighted by Gasteiger charge is -2.26. The van der Waals surface area contributed by atoms with Crippen molar-refractivity contribution < 1.29 is 4.79 Å². The molecule has 1 aromatic rings. The molecule has 3 aliphatic rings. The molecule has 1 saturated heterocycles. The van der Waals surface area contributed by atoms with E-state index in [1.807, 2.05) is 0 Å². The number of nitrogens with zero attached hydrogens (tertiary/aromatic N) is 4. The number of imidazole rings is 1. The van der Waals surface area contributed by atoms with Crippen molar-refractivity contribution in [1.82, 2.24) is 25.1 Å². The van der Waals surface area contributed by atoms with Crippen LogP contribution in [0.2, 0.25) is 0 Å². The van der Waals surface area contributed by atoms with E-state index in [9.17, 15) is 4.79 Å². The lowest BCUT2D eigenvalue weighted by molar-refractivity contribution is -0.135. The van der Waals surface area contributed by atoms with Crippen LogP contribution in [0.5, 0.6) is 0 Å². The van der Waals surface area contributed by atoms with Crippen LogP contribution in [0.1, 0.15) is 62.9 Å². The molecule has 4 rings (SSSR count). The number of hydrogen-bond acceptors (Lipinski definition) is 3. The summed E-state index contributed by atoms with van der Waals surface area (Å²) in [4.78, 5) is 23.9. The predicted molar refractivity (Wildman–Crippen MR) is 125 cm³/mol. The van der Waals surface area contributed by atoms with Gasteiger partial charge in [0.15, 0.2) is 5.96 Å². The Morgan fingerprint density at radius 3 is 2.76 bits per heavy atom. The molecule has 1 unspecified atom stereocenters. The summed E-state index contributed by atoms with van der Waals surface area (Å²) in [6.07, 6.45) is 12.6. The van der Waals surface area contributed by atoms with Gasteiger partial charge >= 0.3 is 0 Å². The third-order valence-electron chi connectivity index (χ3n) is 6.41. The summed E-state index contributed by atoms with van der Waals surface area (Å²) >= 11 is 0. The van der Waals surface area contributed by atoms with Crippen LogP contribution >= 0.6 is 24.0 Å². The first kappa shape index (κ1) is 22.4. The number of aromatic nitrogens is 2. The topological polar surface area (TPSA) is 74.6 Å². The average molecular weight is 514 g/mol. The predicted octanol–water partition coefficient (Wildman–Crippen LogP) is 2.68. The zero-order valence-electron chi connectivity index (χ0n) is 17.5. The summed E-state index contributed by atoms with van der Waals surface area (Å²) in [6.45, 7) is 3.41. The molecule has 1 aliphatic carbocycles. The number of carbonyl (C=O) groups is 1. The van der Waals surface area contributed by atoms with Gasteiger partial charge in [0.2, 0.25) is 5.91 Å². The second-order valence-corrected chi connectivity index (χ2v) is 8.47. The van der Waals surface area contributed by atoms with Crippen LogP contribution in [0.3, 0.4) is 0 Å². The van der Waals surface area contributed by atoms with E-state index in [0.29, 0.717) is 12.5 Å². The van der Waals surface area contributed by atoms with Crippen molar-refractivity contribution in [2.24, 2.45) is 10.9 Å². The lowest BCUT2D eigenvalue weighted by atomic mass is 9.88. The molecule has 1 atom stereocenters. The number of halogens is 1. The molecule has 1 aromatic heterocycles. The molecule has 2 aliphatic heterocycles. The third-order valence-corrected chi connectivity index (χ3v) is 6.41. The monoisotopic (exact) mass is 514 g/mol. The first-order valence-corrected chi connectivity index (χ1v) is 11.0. The van der Waals surface area contributed by atoms with E-state index in [2.05, 4.69) is 31.3 Å². The van der Waals surface area contributed by atoms with E-state index < -0.39 is 0 Å². The maximum Gasteiger partial charge on any atom is 0.225 e. The Morgan fingerprint density at radius 2 is 2.00 bits per heavy atom. The zero-order valence-corrected chi connectivity index (χ0v) is 19.9. The Bertz CT molecular complexity index is 689. The lowest BCUT2D eigenvalue weighted by Crippen LogP contribution is -2.45. The molecule has 8 heteroatoms. The number of nitrogens with one attached hydrogen (secondary N) is 2. The Kier molecular flexibility index (Phi) is 8.20. The summed E-state index contributed by atoms with van der Waals surface area (Å²) in [5.74, 6) is 2.63. The first-order chi connectivity index (χ1) is 13.7. The maximum atomic E-state index is 12.7. The maximum absolute atomic E-state index is 12.7. The van der Waals surface area contributed by atoms with Crippen molar-refractivity contribution in [1.29, 1.82) is 0 Å². The van der Waals surface area contributed by atoms with Gasteiger partial charge in [0.1, 0.15) is 5.82 Å². The van der Waals surface area contributed by atoms with Crippen molar-refractivity contribution >= 4 is 35.8 Å². The minimum atomic E-state index is 0. The summed E-state index contributed by atoms with van der Waals surface area (Å²) in [5.41, 5.74) is 1.07. The number of hydrogen-bond donors (Lipinski definition) is 2. The number of carbonyl (C=O) groups excluding carboxylic acids is 1. The van der Waals surface area contributed by atoms with Gasteiger partial charge in [0.05, 0.1) is 12.2 Å². The molecule has 0 aromatic carbocycles. The SMILES string of the molecule is CN=C(NCc1cn2c(n1)CCCC2)NC1CCN(C(=O)C2CCCCC2)C1.I. The van der Waals surface area contributed by atoms with Crippen molar-refractivity contribution in [2.45, 2.75) is 76.9 Å². The van der Waals surface area contributed by atoms with E-state index in [1.165, 1.54) is 37.9 Å². The summed E-state index contributed by atoms with van der Waals surface area (Å²) in [6, 6.07) is 0.272. The highest BCUT2D eigenvalue weighted by Crippen LogP contribution is 2.26. The molecule has 2 N–H and O–H groups in total. The number of guanidine groups is 1. The van der Waals surface area contributed by atoms with Crippen molar-refractivity contribution in [3.63, 3.8) is 0 Å². The molecular formula is C21H35IN6O. The quantitative estimate of drug-likeness (QED) is 0.368. The van der Waals surface area contributed by atoms with Crippen LogP contribution in [0.4, 0.5) is 0 Å². The van der Waals surface area contributed by atoms with Crippen LogP contribution in [-0.2, 0) is 24.3 Å². The molecule has 1 saturated carbocycles. The van der Waals surface area contributed by atoms with Gasteiger partial charge in [-0.1, -0.05) is 19.3 Å². The molecule has 1 amide bonds. The van der Waals surface area contributed by atoms with Crippen LogP contribution in [0.15, 0.2) is 11.2 Å². The van der Waals surface area contributed by atoms with Crippen molar-refractivity contribution in [3.8, 4) is 0 Å². The number of aryl methyl sites for hydroxylation is 2. The fourth-order valence-corrected chi connectivity index (χ4v) is 4.81. The molecule has 2 fully saturated rings. The highest BCUT2D eigenvalue weighted by atomic mass is 127. The van der Waals surface area contributed by atoms with Gasteiger partial charge < -0.3 is 20.1 Å². The van der Waals surface area contributed by atoms with E-state index >= 15 is 0 Å². The van der Waals surface area contributed by atoms with E-state index in [-0.39, 0.29) is 35.9 Å². The van der Waals surface area contributed by atoms with Crippen LogP contribution in [0.25, 0.3) is 0 Å². The third kappa shape index (κ3) is 5.64. The highest BCUT2D eigenvalue weighted by molar-refractivity contribution is 14.0. The Balaban J connectivity index is 0.00000240. The number of amides is 1. The number of rotatable bonds is 4. The van der Waals surface area contributed by atoms with Crippen LogP contribution in [0, 0.1) is 5.92 Å². The highest BCUT2D eigenvalue weighted by Gasteiger charge is 2.31. The summed E-state index contributed by atoms with van der Waals surface area (Å²) < 4.78 is 2.28. The molecule has 3 heterocycles. The van der Waals surface area contributed by atoms with Gasteiger partial charge in [-0.05, 0) is 32.1 Å². The van der Waals surface area contributed by atoms with Gasteiger partial charge in [-0.15, -0.1) is 24.0 Å².